The third kappa shape index (κ3) is 2.76. The molecule has 1 N–H and O–H groups in total. The zero-order chi connectivity index (χ0) is 13.1. The van der Waals surface area contributed by atoms with Crippen LogP contribution in [-0.2, 0) is 6.54 Å². The average Bonchev–Trinajstić information content (AvgIpc) is 2.80. The first-order valence-corrected chi connectivity index (χ1v) is 6.94. The maximum Gasteiger partial charge on any atom is 0.142 e. The van der Waals surface area contributed by atoms with E-state index in [0.717, 1.165) is 23.0 Å². The number of aryl methyl sites for hydroxylation is 1. The second-order valence-electron chi connectivity index (χ2n) is 4.05. The predicted molar refractivity (Wildman–Crippen MR) is 75.7 cm³/mol. The molecule has 1 unspecified atom stereocenters. The Bertz CT molecular complexity index is 542. The van der Waals surface area contributed by atoms with Gasteiger partial charge in [0.05, 0.1) is 0 Å². The summed E-state index contributed by atoms with van der Waals surface area (Å²) in [5, 5.41) is 11.0. The Labute approximate surface area is 120 Å². The number of halogens is 2. The first-order valence-electron chi connectivity index (χ1n) is 5.77. The molecule has 2 aromatic rings. The Kier molecular flexibility index (Phi) is 4.43. The number of imidazole rings is 1. The van der Waals surface area contributed by atoms with Crippen molar-refractivity contribution in [2.45, 2.75) is 26.0 Å². The van der Waals surface area contributed by atoms with Crippen LogP contribution in [0.1, 0.15) is 30.8 Å². The van der Waals surface area contributed by atoms with Gasteiger partial charge in [-0.2, -0.15) is 0 Å². The third-order valence-electron chi connectivity index (χ3n) is 2.71. The third-order valence-corrected chi connectivity index (χ3v) is 3.67. The quantitative estimate of drug-likeness (QED) is 0.926. The van der Waals surface area contributed by atoms with Crippen molar-refractivity contribution < 1.29 is 5.11 Å². The van der Waals surface area contributed by atoms with Crippen molar-refractivity contribution in [2.24, 2.45) is 0 Å². The van der Waals surface area contributed by atoms with Gasteiger partial charge in [-0.05, 0) is 24.6 Å². The summed E-state index contributed by atoms with van der Waals surface area (Å²) in [6, 6.07) is 5.36. The Balaban J connectivity index is 2.38. The van der Waals surface area contributed by atoms with E-state index in [2.05, 4.69) is 27.8 Å². The summed E-state index contributed by atoms with van der Waals surface area (Å²) in [5.41, 5.74) is 0.728. The van der Waals surface area contributed by atoms with E-state index in [-0.39, 0.29) is 0 Å². The molecule has 3 nitrogen and oxygen atoms in total. The molecule has 1 aromatic carbocycles. The lowest BCUT2D eigenvalue weighted by Gasteiger charge is -2.15. The normalized spacial score (nSPS) is 12.7. The first kappa shape index (κ1) is 13.6. The lowest BCUT2D eigenvalue weighted by Crippen LogP contribution is -2.10. The van der Waals surface area contributed by atoms with Crippen molar-refractivity contribution in [1.82, 2.24) is 9.55 Å². The van der Waals surface area contributed by atoms with E-state index in [1.54, 1.807) is 18.3 Å². The number of hydrogen-bond acceptors (Lipinski definition) is 2. The Morgan fingerprint density at radius 1 is 1.50 bits per heavy atom. The van der Waals surface area contributed by atoms with Gasteiger partial charge in [-0.1, -0.05) is 34.5 Å². The molecular formula is C13H14BrClN2O. The van der Waals surface area contributed by atoms with Crippen molar-refractivity contribution in [3.05, 3.63) is 51.5 Å². The fourth-order valence-corrected chi connectivity index (χ4v) is 2.51. The highest BCUT2D eigenvalue weighted by atomic mass is 79.9. The Morgan fingerprint density at radius 2 is 2.28 bits per heavy atom. The van der Waals surface area contributed by atoms with Crippen LogP contribution in [0.4, 0.5) is 0 Å². The average molecular weight is 330 g/mol. The summed E-state index contributed by atoms with van der Waals surface area (Å²) in [4.78, 5) is 4.23. The first-order chi connectivity index (χ1) is 8.63. The largest absolute Gasteiger partial charge is 0.380 e. The minimum absolute atomic E-state index is 0.598. The number of nitrogens with zero attached hydrogens (tertiary/aromatic N) is 2. The number of benzene rings is 1. The lowest BCUT2D eigenvalue weighted by atomic mass is 10.1. The van der Waals surface area contributed by atoms with Gasteiger partial charge in [-0.3, -0.25) is 0 Å². The van der Waals surface area contributed by atoms with Gasteiger partial charge in [0.15, 0.2) is 0 Å². The predicted octanol–water partition coefficient (Wildman–Crippen LogP) is 3.79. The van der Waals surface area contributed by atoms with E-state index in [4.69, 9.17) is 11.6 Å². The van der Waals surface area contributed by atoms with Crippen LogP contribution >= 0.6 is 27.5 Å². The van der Waals surface area contributed by atoms with Gasteiger partial charge >= 0.3 is 0 Å². The molecule has 1 atom stereocenters. The smallest absolute Gasteiger partial charge is 0.142 e. The van der Waals surface area contributed by atoms with Crippen LogP contribution in [0.25, 0.3) is 0 Å². The van der Waals surface area contributed by atoms with Gasteiger partial charge in [0.25, 0.3) is 0 Å². The van der Waals surface area contributed by atoms with Crippen molar-refractivity contribution in [3.63, 3.8) is 0 Å². The molecular weight excluding hydrogens is 316 g/mol. The summed E-state index contributed by atoms with van der Waals surface area (Å²) in [5.74, 6) is 0.639. The molecule has 1 heterocycles. The topological polar surface area (TPSA) is 38.0 Å². The van der Waals surface area contributed by atoms with Crippen LogP contribution in [0, 0.1) is 0 Å². The lowest BCUT2D eigenvalue weighted by molar-refractivity contribution is 0.203. The Hall–Kier alpha value is -0.840. The van der Waals surface area contributed by atoms with Gasteiger partial charge in [0.2, 0.25) is 0 Å². The number of aromatic nitrogens is 2. The van der Waals surface area contributed by atoms with Crippen LogP contribution in [0.5, 0.6) is 0 Å². The monoisotopic (exact) mass is 328 g/mol. The Morgan fingerprint density at radius 3 is 3.00 bits per heavy atom. The van der Waals surface area contributed by atoms with Gasteiger partial charge in [0.1, 0.15) is 11.9 Å². The second-order valence-corrected chi connectivity index (χ2v) is 5.34. The molecule has 0 bridgehead atoms. The molecule has 0 spiro atoms. The molecule has 0 amide bonds. The van der Waals surface area contributed by atoms with Crippen LogP contribution < -0.4 is 0 Å². The van der Waals surface area contributed by atoms with Gasteiger partial charge in [-0.15, -0.1) is 0 Å². The zero-order valence-corrected chi connectivity index (χ0v) is 12.3. The van der Waals surface area contributed by atoms with E-state index in [0.29, 0.717) is 10.8 Å². The molecule has 1 aromatic heterocycles. The molecule has 0 aliphatic heterocycles. The SMILES string of the molecule is CCCn1ccnc1C(O)c1cc(Cl)ccc1Br. The van der Waals surface area contributed by atoms with Crippen molar-refractivity contribution >= 4 is 27.5 Å². The van der Waals surface area contributed by atoms with Crippen LogP contribution in [0.2, 0.25) is 5.02 Å². The minimum atomic E-state index is -0.778. The van der Waals surface area contributed by atoms with Crippen LogP contribution in [-0.4, -0.2) is 14.7 Å². The molecule has 0 aliphatic rings. The zero-order valence-electron chi connectivity index (χ0n) is 9.98. The van der Waals surface area contributed by atoms with E-state index >= 15 is 0 Å². The molecule has 18 heavy (non-hydrogen) atoms. The van der Waals surface area contributed by atoms with E-state index in [9.17, 15) is 5.11 Å². The molecule has 2 rings (SSSR count). The highest BCUT2D eigenvalue weighted by molar-refractivity contribution is 9.10. The van der Waals surface area contributed by atoms with E-state index in [1.165, 1.54) is 0 Å². The summed E-state index contributed by atoms with van der Waals surface area (Å²) in [6.07, 6.45) is 3.79. The summed E-state index contributed by atoms with van der Waals surface area (Å²) < 4.78 is 2.78. The number of aliphatic hydroxyl groups excluding tert-OH is 1. The summed E-state index contributed by atoms with van der Waals surface area (Å²) in [6.45, 7) is 2.93. The molecule has 0 radical (unpaired) electrons. The van der Waals surface area contributed by atoms with E-state index < -0.39 is 6.10 Å². The summed E-state index contributed by atoms with van der Waals surface area (Å²) in [7, 11) is 0. The van der Waals surface area contributed by atoms with E-state index in [1.807, 2.05) is 16.8 Å². The van der Waals surface area contributed by atoms with Gasteiger partial charge < -0.3 is 9.67 Å². The van der Waals surface area contributed by atoms with Crippen molar-refractivity contribution in [3.8, 4) is 0 Å². The van der Waals surface area contributed by atoms with Crippen LogP contribution in [0.15, 0.2) is 35.1 Å². The van der Waals surface area contributed by atoms with Gasteiger partial charge in [0, 0.05) is 34.0 Å². The van der Waals surface area contributed by atoms with Crippen LogP contribution in [0.3, 0.4) is 0 Å². The highest BCUT2D eigenvalue weighted by Gasteiger charge is 2.18. The molecule has 0 aliphatic carbocycles. The molecule has 0 saturated carbocycles. The number of hydrogen-bond donors (Lipinski definition) is 1. The fourth-order valence-electron chi connectivity index (χ4n) is 1.86. The highest BCUT2D eigenvalue weighted by Crippen LogP contribution is 2.30. The van der Waals surface area contributed by atoms with Crippen molar-refractivity contribution in [2.75, 3.05) is 0 Å². The van der Waals surface area contributed by atoms with Crippen molar-refractivity contribution in [1.29, 1.82) is 0 Å². The molecule has 96 valence electrons. The minimum Gasteiger partial charge on any atom is -0.380 e. The molecule has 0 saturated heterocycles. The summed E-state index contributed by atoms with van der Waals surface area (Å²) >= 11 is 9.39. The van der Waals surface area contributed by atoms with Gasteiger partial charge in [-0.25, -0.2) is 4.98 Å². The maximum absolute atomic E-state index is 10.4. The fraction of sp³-hybridized carbons (Fsp3) is 0.308. The maximum atomic E-state index is 10.4. The molecule has 0 fully saturated rings. The molecule has 5 heteroatoms. The number of rotatable bonds is 4. The second kappa shape index (κ2) is 5.87. The number of aliphatic hydroxyl groups is 1. The standard InChI is InChI=1S/C13H14BrClN2O/c1-2-6-17-7-5-16-13(17)12(18)10-8-9(15)3-4-11(10)14/h3-5,7-8,12,18H,2,6H2,1H3.